The molecular weight excluding hydrogens is 374 g/mol. The third-order valence-corrected chi connectivity index (χ3v) is 5.71. The van der Waals surface area contributed by atoms with Crippen LogP contribution in [0.2, 0.25) is 0 Å². The number of hydrogen-bond donors (Lipinski definition) is 2. The minimum absolute atomic E-state index is 0.0801. The van der Waals surface area contributed by atoms with Crippen LogP contribution in [-0.4, -0.2) is 20.4 Å². The van der Waals surface area contributed by atoms with Crippen molar-refractivity contribution in [3.63, 3.8) is 0 Å². The van der Waals surface area contributed by atoms with Gasteiger partial charge in [-0.1, -0.05) is 30.3 Å². The van der Waals surface area contributed by atoms with Crippen molar-refractivity contribution in [3.05, 3.63) is 76.9 Å². The van der Waals surface area contributed by atoms with E-state index in [1.165, 1.54) is 11.3 Å². The molecule has 3 N–H and O–H groups in total. The molecule has 0 bridgehead atoms. The summed E-state index contributed by atoms with van der Waals surface area (Å²) in [5.41, 5.74) is 8.92. The molecule has 1 aromatic carbocycles. The summed E-state index contributed by atoms with van der Waals surface area (Å²) in [6, 6.07) is 15.1. The Morgan fingerprint density at radius 3 is 2.86 bits per heavy atom. The van der Waals surface area contributed by atoms with Gasteiger partial charge in [-0.25, -0.2) is 4.98 Å². The fraction of sp³-hybridized carbons (Fsp3) is 0.143. The predicted octanol–water partition coefficient (Wildman–Crippen LogP) is 3.79. The number of pyridine rings is 1. The zero-order valence-corrected chi connectivity index (χ0v) is 16.0. The number of aromatic nitrogens is 2. The Bertz CT molecular complexity index is 1150. The first-order chi connectivity index (χ1) is 13.6. The zero-order valence-electron chi connectivity index (χ0n) is 15.2. The third-order valence-electron chi connectivity index (χ3n) is 4.56. The van der Waals surface area contributed by atoms with Crippen LogP contribution in [0.4, 0.5) is 0 Å². The number of aliphatic hydroxyl groups is 1. The van der Waals surface area contributed by atoms with Gasteiger partial charge in [0.1, 0.15) is 22.4 Å². The van der Waals surface area contributed by atoms with Gasteiger partial charge in [-0.05, 0) is 30.2 Å². The van der Waals surface area contributed by atoms with Crippen LogP contribution < -0.4 is 10.5 Å². The molecular formula is C21H19N3O3S. The van der Waals surface area contributed by atoms with Gasteiger partial charge in [-0.15, -0.1) is 11.3 Å². The molecule has 4 aromatic rings. The highest BCUT2D eigenvalue weighted by molar-refractivity contribution is 7.17. The average Bonchev–Trinajstić information content (AvgIpc) is 3.32. The van der Waals surface area contributed by atoms with E-state index in [1.807, 2.05) is 66.1 Å². The summed E-state index contributed by atoms with van der Waals surface area (Å²) in [5.74, 6) is -0.110. The van der Waals surface area contributed by atoms with Crippen LogP contribution in [0.1, 0.15) is 33.8 Å². The van der Waals surface area contributed by atoms with Gasteiger partial charge in [-0.3, -0.25) is 9.20 Å². The number of fused-ring (bicyclic) bond motifs is 1. The summed E-state index contributed by atoms with van der Waals surface area (Å²) in [4.78, 5) is 17.6. The number of aliphatic hydroxyl groups excluding tert-OH is 1. The highest BCUT2D eigenvalue weighted by Crippen LogP contribution is 2.38. The molecule has 28 heavy (non-hydrogen) atoms. The number of ether oxygens (including phenoxy) is 1. The minimum Gasteiger partial charge on any atom is -0.484 e. The van der Waals surface area contributed by atoms with E-state index in [4.69, 9.17) is 10.5 Å². The summed E-state index contributed by atoms with van der Waals surface area (Å²) in [6.45, 7) is 1.80. The van der Waals surface area contributed by atoms with Crippen LogP contribution in [0.15, 0.2) is 60.9 Å². The lowest BCUT2D eigenvalue weighted by molar-refractivity contribution is 0.0998. The average molecular weight is 393 g/mol. The Labute approximate surface area is 165 Å². The second kappa shape index (κ2) is 7.46. The van der Waals surface area contributed by atoms with Crippen molar-refractivity contribution in [2.24, 2.45) is 5.73 Å². The molecule has 0 fully saturated rings. The van der Waals surface area contributed by atoms with E-state index in [1.54, 1.807) is 6.20 Å². The fourth-order valence-electron chi connectivity index (χ4n) is 3.20. The first kappa shape index (κ1) is 18.2. The summed E-state index contributed by atoms with van der Waals surface area (Å²) in [7, 11) is 0. The number of rotatable bonds is 6. The third kappa shape index (κ3) is 3.26. The lowest BCUT2D eigenvalue weighted by Crippen LogP contribution is -2.12. The minimum atomic E-state index is -0.539. The highest BCUT2D eigenvalue weighted by Gasteiger charge is 2.21. The van der Waals surface area contributed by atoms with Crippen LogP contribution in [0.5, 0.6) is 5.75 Å². The number of imidazole rings is 1. The molecule has 0 aliphatic heterocycles. The van der Waals surface area contributed by atoms with Gasteiger partial charge < -0.3 is 15.6 Å². The summed E-state index contributed by atoms with van der Waals surface area (Å²) in [5, 5.41) is 9.57. The van der Waals surface area contributed by atoms with Crippen molar-refractivity contribution in [1.82, 2.24) is 9.38 Å². The zero-order chi connectivity index (χ0) is 19.7. The molecule has 142 valence electrons. The van der Waals surface area contributed by atoms with E-state index in [-0.39, 0.29) is 12.7 Å². The number of amides is 1. The molecule has 0 radical (unpaired) electrons. The van der Waals surface area contributed by atoms with Gasteiger partial charge in [0.25, 0.3) is 5.91 Å². The second-order valence-corrected chi connectivity index (χ2v) is 7.41. The van der Waals surface area contributed by atoms with Crippen molar-refractivity contribution < 1.29 is 14.6 Å². The number of thiophene rings is 1. The van der Waals surface area contributed by atoms with Crippen LogP contribution in [0.25, 0.3) is 16.2 Å². The van der Waals surface area contributed by atoms with E-state index in [9.17, 15) is 9.90 Å². The van der Waals surface area contributed by atoms with Crippen molar-refractivity contribution >= 4 is 22.9 Å². The Morgan fingerprint density at radius 1 is 1.29 bits per heavy atom. The number of primary amides is 1. The van der Waals surface area contributed by atoms with E-state index >= 15 is 0 Å². The van der Waals surface area contributed by atoms with E-state index in [0.29, 0.717) is 10.6 Å². The van der Waals surface area contributed by atoms with Crippen molar-refractivity contribution in [2.45, 2.75) is 19.6 Å². The normalized spacial score (nSPS) is 12.2. The number of carbonyl (C=O) groups is 1. The number of nitrogens with zero attached hydrogens (tertiary/aromatic N) is 2. The smallest absolute Gasteiger partial charge is 0.262 e. The van der Waals surface area contributed by atoms with E-state index < -0.39 is 5.91 Å². The van der Waals surface area contributed by atoms with Crippen molar-refractivity contribution in [3.8, 4) is 16.3 Å². The van der Waals surface area contributed by atoms with Gasteiger partial charge in [0, 0.05) is 12.3 Å². The molecule has 4 rings (SSSR count). The standard InChI is InChI=1S/C21H19N3O3S/c1-13(15-7-3-2-6-14(15)12-25)27-17-10-18(28-20(17)21(22)26)16-11-23-19-8-4-5-9-24(16)19/h2-11,13,25H,12H2,1H3,(H2,22,26). The molecule has 3 heterocycles. The SMILES string of the molecule is CC(Oc1cc(-c2cnc3ccccn23)sc1C(N)=O)c1ccccc1CO. The Kier molecular flexibility index (Phi) is 4.85. The Balaban J connectivity index is 1.72. The maximum atomic E-state index is 12.0. The Morgan fingerprint density at radius 2 is 2.07 bits per heavy atom. The van der Waals surface area contributed by atoms with Crippen LogP contribution in [0.3, 0.4) is 0 Å². The molecule has 0 aliphatic carbocycles. The monoisotopic (exact) mass is 393 g/mol. The van der Waals surface area contributed by atoms with E-state index in [2.05, 4.69) is 4.98 Å². The van der Waals surface area contributed by atoms with Gasteiger partial charge in [-0.2, -0.15) is 0 Å². The number of carbonyl (C=O) groups excluding carboxylic acids is 1. The summed E-state index contributed by atoms with van der Waals surface area (Å²) >= 11 is 1.28. The molecule has 3 aromatic heterocycles. The molecule has 0 saturated carbocycles. The molecule has 1 amide bonds. The van der Waals surface area contributed by atoms with Crippen molar-refractivity contribution in [2.75, 3.05) is 0 Å². The largest absolute Gasteiger partial charge is 0.484 e. The van der Waals surface area contributed by atoms with Gasteiger partial charge in [0.15, 0.2) is 0 Å². The first-order valence-corrected chi connectivity index (χ1v) is 9.61. The predicted molar refractivity (Wildman–Crippen MR) is 108 cm³/mol. The first-order valence-electron chi connectivity index (χ1n) is 8.80. The van der Waals surface area contributed by atoms with Gasteiger partial charge >= 0.3 is 0 Å². The maximum Gasteiger partial charge on any atom is 0.262 e. The van der Waals surface area contributed by atoms with Crippen LogP contribution in [-0.2, 0) is 6.61 Å². The van der Waals surface area contributed by atoms with Gasteiger partial charge in [0.05, 0.1) is 23.4 Å². The summed E-state index contributed by atoms with van der Waals surface area (Å²) in [6.07, 6.45) is 3.33. The highest BCUT2D eigenvalue weighted by atomic mass is 32.1. The van der Waals surface area contributed by atoms with Crippen LogP contribution >= 0.6 is 11.3 Å². The molecule has 0 aliphatic rings. The quantitative estimate of drug-likeness (QED) is 0.521. The molecule has 0 saturated heterocycles. The summed E-state index contributed by atoms with van der Waals surface area (Å²) < 4.78 is 8.04. The maximum absolute atomic E-state index is 12.0. The molecule has 1 unspecified atom stereocenters. The molecule has 1 atom stereocenters. The lowest BCUT2D eigenvalue weighted by atomic mass is 10.0. The fourth-order valence-corrected chi connectivity index (χ4v) is 4.15. The Hall–Kier alpha value is -3.16. The number of nitrogens with two attached hydrogens (primary N) is 1. The van der Waals surface area contributed by atoms with Gasteiger partial charge in [0.2, 0.25) is 0 Å². The molecule has 7 heteroatoms. The second-order valence-electron chi connectivity index (χ2n) is 6.36. The van der Waals surface area contributed by atoms with Crippen LogP contribution in [0, 0.1) is 0 Å². The topological polar surface area (TPSA) is 89.9 Å². The molecule has 0 spiro atoms. The number of hydrogen-bond acceptors (Lipinski definition) is 5. The molecule has 6 nitrogen and oxygen atoms in total. The number of benzene rings is 1. The lowest BCUT2D eigenvalue weighted by Gasteiger charge is -2.17. The van der Waals surface area contributed by atoms with E-state index in [0.717, 1.165) is 27.3 Å². The van der Waals surface area contributed by atoms with Crippen molar-refractivity contribution in [1.29, 1.82) is 0 Å².